The molecule has 0 saturated carbocycles. The maximum atomic E-state index is 11.4. The molecular weight excluding hydrogens is 202 g/mol. The number of carbonyl (C=O) groups is 1. The maximum absolute atomic E-state index is 11.4. The predicted octanol–water partition coefficient (Wildman–Crippen LogP) is -0.237. The van der Waals surface area contributed by atoms with E-state index in [0.717, 1.165) is 32.7 Å². The number of carbonyl (C=O) groups excluding carboxylic acids is 1. The van der Waals surface area contributed by atoms with Crippen molar-refractivity contribution in [1.29, 1.82) is 0 Å². The molecule has 16 heavy (non-hydrogen) atoms. The van der Waals surface area contributed by atoms with E-state index in [1.165, 1.54) is 6.42 Å². The van der Waals surface area contributed by atoms with E-state index < -0.39 is 0 Å². The Hall–Kier alpha value is -1.05. The van der Waals surface area contributed by atoms with Gasteiger partial charge in [-0.1, -0.05) is 12.8 Å². The standard InChI is InChI=1S/C12H21N3O/c1-3-5-13-12(16)11-15-9-7-14(6-4-2)8-10-15/h1H,4-11H2,2H3,(H,13,16). The second-order valence-electron chi connectivity index (χ2n) is 4.10. The van der Waals surface area contributed by atoms with Gasteiger partial charge in [0.25, 0.3) is 0 Å². The predicted molar refractivity (Wildman–Crippen MR) is 65.0 cm³/mol. The summed E-state index contributed by atoms with van der Waals surface area (Å²) < 4.78 is 0. The van der Waals surface area contributed by atoms with Gasteiger partial charge in [-0.05, 0) is 13.0 Å². The van der Waals surface area contributed by atoms with Crippen LogP contribution in [0.15, 0.2) is 0 Å². The Balaban J connectivity index is 2.17. The summed E-state index contributed by atoms with van der Waals surface area (Å²) in [6, 6.07) is 0. The number of hydrogen-bond donors (Lipinski definition) is 1. The van der Waals surface area contributed by atoms with Crippen molar-refractivity contribution in [2.45, 2.75) is 13.3 Å². The van der Waals surface area contributed by atoms with E-state index in [2.05, 4.69) is 28.0 Å². The van der Waals surface area contributed by atoms with Crippen LogP contribution >= 0.6 is 0 Å². The average Bonchev–Trinajstić information content (AvgIpc) is 2.29. The summed E-state index contributed by atoms with van der Waals surface area (Å²) in [6.45, 7) is 8.24. The number of amides is 1. The summed E-state index contributed by atoms with van der Waals surface area (Å²) >= 11 is 0. The Morgan fingerprint density at radius 3 is 2.50 bits per heavy atom. The fourth-order valence-electron chi connectivity index (χ4n) is 1.90. The molecule has 4 nitrogen and oxygen atoms in total. The van der Waals surface area contributed by atoms with Crippen molar-refractivity contribution < 1.29 is 4.79 Å². The average molecular weight is 223 g/mol. The van der Waals surface area contributed by atoms with E-state index in [1.807, 2.05) is 0 Å². The number of nitrogens with zero attached hydrogens (tertiary/aromatic N) is 2. The first-order valence-corrected chi connectivity index (χ1v) is 5.91. The third-order valence-electron chi connectivity index (χ3n) is 2.76. The third kappa shape index (κ3) is 4.65. The molecule has 0 aromatic heterocycles. The smallest absolute Gasteiger partial charge is 0.234 e. The van der Waals surface area contributed by atoms with Crippen LogP contribution in [0.2, 0.25) is 0 Å². The van der Waals surface area contributed by atoms with Crippen LogP contribution in [-0.4, -0.2) is 61.5 Å². The minimum absolute atomic E-state index is 0.0295. The molecule has 1 aliphatic rings. The lowest BCUT2D eigenvalue weighted by Gasteiger charge is -2.33. The summed E-state index contributed by atoms with van der Waals surface area (Å²) in [5.74, 6) is 2.43. The van der Waals surface area contributed by atoms with Gasteiger partial charge in [-0.25, -0.2) is 0 Å². The highest BCUT2D eigenvalue weighted by atomic mass is 16.2. The van der Waals surface area contributed by atoms with Crippen LogP contribution in [0.5, 0.6) is 0 Å². The van der Waals surface area contributed by atoms with Gasteiger partial charge in [-0.15, -0.1) is 6.42 Å². The lowest BCUT2D eigenvalue weighted by atomic mass is 10.3. The lowest BCUT2D eigenvalue weighted by Crippen LogP contribution is -2.49. The molecule has 1 rings (SSSR count). The van der Waals surface area contributed by atoms with Crippen molar-refractivity contribution in [2.24, 2.45) is 0 Å². The first-order chi connectivity index (χ1) is 7.76. The zero-order valence-electron chi connectivity index (χ0n) is 10.0. The molecule has 0 bridgehead atoms. The van der Waals surface area contributed by atoms with Crippen LogP contribution < -0.4 is 5.32 Å². The number of piperazine rings is 1. The SMILES string of the molecule is C#CCNC(=O)CN1CCN(CCC)CC1. The molecule has 90 valence electrons. The Bertz CT molecular complexity index is 251. The molecule has 1 heterocycles. The van der Waals surface area contributed by atoms with Gasteiger partial charge in [-0.3, -0.25) is 9.69 Å². The highest BCUT2D eigenvalue weighted by Crippen LogP contribution is 2.01. The van der Waals surface area contributed by atoms with Crippen LogP contribution in [0.4, 0.5) is 0 Å². The highest BCUT2D eigenvalue weighted by Gasteiger charge is 2.17. The number of nitrogens with one attached hydrogen (secondary N) is 1. The van der Waals surface area contributed by atoms with Crippen LogP contribution in [0.25, 0.3) is 0 Å². The fraction of sp³-hybridized carbons (Fsp3) is 0.750. The van der Waals surface area contributed by atoms with Crippen molar-refractivity contribution in [3.63, 3.8) is 0 Å². The second-order valence-corrected chi connectivity index (χ2v) is 4.10. The van der Waals surface area contributed by atoms with Crippen LogP contribution in [0.3, 0.4) is 0 Å². The molecule has 0 spiro atoms. The molecule has 1 N–H and O–H groups in total. The van der Waals surface area contributed by atoms with E-state index in [9.17, 15) is 4.79 Å². The van der Waals surface area contributed by atoms with E-state index >= 15 is 0 Å². The van der Waals surface area contributed by atoms with Gasteiger partial charge in [0, 0.05) is 26.2 Å². The molecule has 4 heteroatoms. The Kier molecular flexibility index (Phi) is 5.91. The Labute approximate surface area is 98.0 Å². The largest absolute Gasteiger partial charge is 0.344 e. The quantitative estimate of drug-likeness (QED) is 0.654. The molecule has 0 unspecified atom stereocenters. The molecule has 0 aromatic carbocycles. The summed E-state index contributed by atoms with van der Waals surface area (Å²) in [5, 5.41) is 2.69. The summed E-state index contributed by atoms with van der Waals surface area (Å²) in [6.07, 6.45) is 6.27. The Morgan fingerprint density at radius 1 is 1.31 bits per heavy atom. The first-order valence-electron chi connectivity index (χ1n) is 5.91. The van der Waals surface area contributed by atoms with Crippen molar-refractivity contribution in [3.8, 4) is 12.3 Å². The van der Waals surface area contributed by atoms with Crippen molar-refractivity contribution in [3.05, 3.63) is 0 Å². The van der Waals surface area contributed by atoms with Crippen LogP contribution in [-0.2, 0) is 4.79 Å². The topological polar surface area (TPSA) is 35.6 Å². The third-order valence-corrected chi connectivity index (χ3v) is 2.76. The fourth-order valence-corrected chi connectivity index (χ4v) is 1.90. The van der Waals surface area contributed by atoms with Crippen molar-refractivity contribution >= 4 is 5.91 Å². The summed E-state index contributed by atoms with van der Waals surface area (Å²) in [5.41, 5.74) is 0. The second kappa shape index (κ2) is 7.26. The van der Waals surface area contributed by atoms with Crippen LogP contribution in [0.1, 0.15) is 13.3 Å². The highest BCUT2D eigenvalue weighted by molar-refractivity contribution is 5.78. The summed E-state index contributed by atoms with van der Waals surface area (Å²) in [7, 11) is 0. The van der Waals surface area contributed by atoms with Crippen molar-refractivity contribution in [2.75, 3.05) is 45.8 Å². The Morgan fingerprint density at radius 2 is 1.94 bits per heavy atom. The molecule has 0 aliphatic carbocycles. The van der Waals surface area contributed by atoms with Crippen LogP contribution in [0, 0.1) is 12.3 Å². The zero-order valence-corrected chi connectivity index (χ0v) is 10.0. The van der Waals surface area contributed by atoms with E-state index in [0.29, 0.717) is 13.1 Å². The van der Waals surface area contributed by atoms with E-state index in [4.69, 9.17) is 6.42 Å². The van der Waals surface area contributed by atoms with Gasteiger partial charge in [0.2, 0.25) is 5.91 Å². The minimum atomic E-state index is 0.0295. The molecule has 1 saturated heterocycles. The van der Waals surface area contributed by atoms with Crippen molar-refractivity contribution in [1.82, 2.24) is 15.1 Å². The molecular formula is C12H21N3O. The van der Waals surface area contributed by atoms with Gasteiger partial charge >= 0.3 is 0 Å². The lowest BCUT2D eigenvalue weighted by molar-refractivity contribution is -0.122. The van der Waals surface area contributed by atoms with Gasteiger partial charge in [0.1, 0.15) is 0 Å². The number of hydrogen-bond acceptors (Lipinski definition) is 3. The van der Waals surface area contributed by atoms with Gasteiger partial charge in [0.05, 0.1) is 13.1 Å². The number of terminal acetylenes is 1. The molecule has 0 radical (unpaired) electrons. The monoisotopic (exact) mass is 223 g/mol. The van der Waals surface area contributed by atoms with E-state index in [1.54, 1.807) is 0 Å². The maximum Gasteiger partial charge on any atom is 0.234 e. The van der Waals surface area contributed by atoms with Gasteiger partial charge < -0.3 is 10.2 Å². The normalized spacial score (nSPS) is 18.0. The molecule has 0 atom stereocenters. The van der Waals surface area contributed by atoms with E-state index in [-0.39, 0.29) is 5.91 Å². The number of rotatable bonds is 5. The minimum Gasteiger partial charge on any atom is -0.344 e. The molecule has 0 aromatic rings. The molecule has 1 aliphatic heterocycles. The van der Waals surface area contributed by atoms with Gasteiger partial charge in [0.15, 0.2) is 0 Å². The molecule has 1 amide bonds. The molecule has 1 fully saturated rings. The van der Waals surface area contributed by atoms with Gasteiger partial charge in [-0.2, -0.15) is 0 Å². The summed E-state index contributed by atoms with van der Waals surface area (Å²) in [4.78, 5) is 16.0. The zero-order chi connectivity index (χ0) is 11.8. The first kappa shape index (κ1) is 13.0.